The van der Waals surface area contributed by atoms with Gasteiger partial charge in [0.2, 0.25) is 0 Å². The number of sulfonamides is 1. The Morgan fingerprint density at radius 3 is 2.48 bits per heavy atom. The van der Waals surface area contributed by atoms with Crippen LogP contribution in [0.5, 0.6) is 0 Å². The second kappa shape index (κ2) is 6.25. The highest BCUT2D eigenvalue weighted by molar-refractivity contribution is 9.11. The highest BCUT2D eigenvalue weighted by Gasteiger charge is 2.24. The number of carboxylic acids is 1. The molecule has 1 aromatic carbocycles. The Balaban J connectivity index is 2.41. The van der Waals surface area contributed by atoms with Gasteiger partial charge in [0.05, 0.1) is 14.5 Å². The minimum Gasteiger partial charge on any atom is -0.477 e. The number of hydrogen-bond donors (Lipinski definition) is 2. The third-order valence-electron chi connectivity index (χ3n) is 2.33. The fraction of sp³-hybridized carbons (Fsp3) is 0. The summed E-state index contributed by atoms with van der Waals surface area (Å²) in [5, 5.41) is 9.12. The molecular formula is C11H6Br2ClNO4S2. The van der Waals surface area contributed by atoms with Crippen molar-refractivity contribution in [3.8, 4) is 0 Å². The number of halogens is 3. The number of rotatable bonds is 4. The van der Waals surface area contributed by atoms with Crippen molar-refractivity contribution >= 4 is 76.5 Å². The predicted molar refractivity (Wildman–Crippen MR) is 88.9 cm³/mol. The fourth-order valence-corrected chi connectivity index (χ4v) is 5.67. The molecule has 0 bridgehead atoms. The van der Waals surface area contributed by atoms with Crippen LogP contribution >= 0.6 is 54.8 Å². The Kier molecular flexibility index (Phi) is 4.99. The van der Waals surface area contributed by atoms with Crippen molar-refractivity contribution in [2.45, 2.75) is 4.90 Å². The lowest BCUT2D eigenvalue weighted by atomic mass is 10.3. The SMILES string of the molecule is O=C(O)c1cc(S(=O)(=O)Nc2ccc(Br)cc2Cl)c(Br)s1. The van der Waals surface area contributed by atoms with Crippen LogP contribution in [0.1, 0.15) is 9.67 Å². The van der Waals surface area contributed by atoms with Crippen molar-refractivity contribution in [2.24, 2.45) is 0 Å². The van der Waals surface area contributed by atoms with Crippen molar-refractivity contribution in [1.29, 1.82) is 0 Å². The van der Waals surface area contributed by atoms with Gasteiger partial charge >= 0.3 is 5.97 Å². The molecule has 0 saturated carbocycles. The molecule has 10 heteroatoms. The van der Waals surface area contributed by atoms with E-state index in [2.05, 4.69) is 36.6 Å². The van der Waals surface area contributed by atoms with Gasteiger partial charge in [-0.25, -0.2) is 13.2 Å². The van der Waals surface area contributed by atoms with E-state index in [0.29, 0.717) is 4.47 Å². The van der Waals surface area contributed by atoms with Gasteiger partial charge in [0, 0.05) is 4.47 Å². The summed E-state index contributed by atoms with van der Waals surface area (Å²) in [5.74, 6) is -1.19. The Morgan fingerprint density at radius 1 is 1.29 bits per heavy atom. The lowest BCUT2D eigenvalue weighted by Gasteiger charge is -2.09. The topological polar surface area (TPSA) is 83.5 Å². The van der Waals surface area contributed by atoms with Crippen molar-refractivity contribution in [1.82, 2.24) is 0 Å². The summed E-state index contributed by atoms with van der Waals surface area (Å²) in [5.41, 5.74) is 0.204. The quantitative estimate of drug-likeness (QED) is 0.686. The minimum absolute atomic E-state index is 0.0795. The molecule has 5 nitrogen and oxygen atoms in total. The summed E-state index contributed by atoms with van der Waals surface area (Å²) in [6, 6.07) is 5.77. The lowest BCUT2D eigenvalue weighted by molar-refractivity contribution is 0.0702. The van der Waals surface area contributed by atoms with Crippen LogP contribution in [0, 0.1) is 0 Å². The van der Waals surface area contributed by atoms with Crippen LogP contribution < -0.4 is 4.72 Å². The number of carboxylic acid groups (broad SMARTS) is 1. The molecule has 1 heterocycles. The van der Waals surface area contributed by atoms with E-state index < -0.39 is 16.0 Å². The Bertz CT molecular complexity index is 820. The van der Waals surface area contributed by atoms with Crippen LogP contribution in [0.4, 0.5) is 5.69 Å². The summed E-state index contributed by atoms with van der Waals surface area (Å²) in [6.45, 7) is 0. The second-order valence-corrected chi connectivity index (χ2v) is 9.13. The van der Waals surface area contributed by atoms with Gasteiger partial charge in [-0.15, -0.1) is 11.3 Å². The number of nitrogens with one attached hydrogen (secondary N) is 1. The van der Waals surface area contributed by atoms with Gasteiger partial charge in [0.25, 0.3) is 10.0 Å². The maximum Gasteiger partial charge on any atom is 0.345 e. The van der Waals surface area contributed by atoms with Crippen molar-refractivity contribution in [2.75, 3.05) is 4.72 Å². The molecule has 0 fully saturated rings. The van der Waals surface area contributed by atoms with E-state index in [9.17, 15) is 13.2 Å². The van der Waals surface area contributed by atoms with E-state index in [1.165, 1.54) is 6.07 Å². The largest absolute Gasteiger partial charge is 0.477 e. The number of carbonyl (C=O) groups is 1. The maximum absolute atomic E-state index is 12.3. The molecular weight excluding hydrogens is 470 g/mol. The van der Waals surface area contributed by atoms with E-state index in [1.54, 1.807) is 12.1 Å². The van der Waals surface area contributed by atoms with E-state index in [4.69, 9.17) is 16.7 Å². The molecule has 1 aromatic heterocycles. The first-order valence-corrected chi connectivity index (χ1v) is 9.47. The first-order chi connectivity index (χ1) is 9.70. The summed E-state index contributed by atoms with van der Waals surface area (Å²) in [6.07, 6.45) is 0. The number of hydrogen-bond acceptors (Lipinski definition) is 4. The van der Waals surface area contributed by atoms with Crippen LogP contribution in [0.25, 0.3) is 0 Å². The standard InChI is InChI=1S/C11H6Br2ClNO4S2/c12-5-1-2-7(6(14)3-5)15-21(18,19)9-4-8(11(16)17)20-10(9)13/h1-4,15H,(H,16,17). The normalized spacial score (nSPS) is 11.4. The molecule has 0 spiro atoms. The molecule has 0 amide bonds. The Morgan fingerprint density at radius 2 is 1.95 bits per heavy atom. The Labute approximate surface area is 146 Å². The van der Waals surface area contributed by atoms with Gasteiger partial charge < -0.3 is 5.11 Å². The smallest absolute Gasteiger partial charge is 0.345 e. The molecule has 2 aromatic rings. The number of anilines is 1. The summed E-state index contributed by atoms with van der Waals surface area (Å²) < 4.78 is 27.8. The van der Waals surface area contributed by atoms with E-state index >= 15 is 0 Å². The van der Waals surface area contributed by atoms with Crippen LogP contribution in [-0.4, -0.2) is 19.5 Å². The lowest BCUT2D eigenvalue weighted by Crippen LogP contribution is -2.13. The molecule has 0 unspecified atom stereocenters. The minimum atomic E-state index is -3.94. The number of benzene rings is 1. The third-order valence-corrected chi connectivity index (χ3v) is 6.74. The first-order valence-electron chi connectivity index (χ1n) is 5.21. The molecule has 0 atom stereocenters. The number of thiophene rings is 1. The van der Waals surface area contributed by atoms with E-state index in [1.807, 2.05) is 0 Å². The van der Waals surface area contributed by atoms with Crippen molar-refractivity contribution in [3.63, 3.8) is 0 Å². The second-order valence-electron chi connectivity index (χ2n) is 3.78. The number of aromatic carboxylic acids is 1. The summed E-state index contributed by atoms with van der Waals surface area (Å²) >= 11 is 13.1. The zero-order chi connectivity index (χ0) is 15.8. The highest BCUT2D eigenvalue weighted by atomic mass is 79.9. The first kappa shape index (κ1) is 16.8. The highest BCUT2D eigenvalue weighted by Crippen LogP contribution is 2.34. The molecule has 2 rings (SSSR count). The predicted octanol–water partition coefficient (Wildman–Crippen LogP) is 4.43. The van der Waals surface area contributed by atoms with Gasteiger partial charge in [0.15, 0.2) is 0 Å². The summed E-state index contributed by atoms with van der Waals surface area (Å²) in [7, 11) is -3.94. The van der Waals surface area contributed by atoms with Gasteiger partial charge in [-0.3, -0.25) is 4.72 Å². The van der Waals surface area contributed by atoms with Crippen LogP contribution in [0.2, 0.25) is 5.02 Å². The molecule has 0 aliphatic rings. The van der Waals surface area contributed by atoms with Crippen molar-refractivity contribution in [3.05, 3.63) is 42.4 Å². The van der Waals surface area contributed by atoms with Crippen molar-refractivity contribution < 1.29 is 18.3 Å². The molecule has 112 valence electrons. The van der Waals surface area contributed by atoms with E-state index in [-0.39, 0.29) is 24.3 Å². The van der Waals surface area contributed by atoms with Crippen LogP contribution in [0.15, 0.2) is 37.4 Å². The maximum atomic E-state index is 12.3. The Hall–Kier alpha value is -0.610. The molecule has 0 radical (unpaired) electrons. The molecule has 0 aliphatic heterocycles. The van der Waals surface area contributed by atoms with Crippen LogP contribution in [-0.2, 0) is 10.0 Å². The van der Waals surface area contributed by atoms with Gasteiger partial charge in [-0.1, -0.05) is 27.5 Å². The third kappa shape index (κ3) is 3.78. The monoisotopic (exact) mass is 473 g/mol. The van der Waals surface area contributed by atoms with E-state index in [0.717, 1.165) is 17.4 Å². The molecule has 0 saturated heterocycles. The zero-order valence-electron chi connectivity index (χ0n) is 9.93. The molecule has 2 N–H and O–H groups in total. The average Bonchev–Trinajstić information content (AvgIpc) is 2.76. The fourth-order valence-electron chi connectivity index (χ4n) is 1.41. The molecule has 21 heavy (non-hydrogen) atoms. The van der Waals surface area contributed by atoms with Gasteiger partial charge in [0.1, 0.15) is 9.77 Å². The van der Waals surface area contributed by atoms with Gasteiger partial charge in [-0.05, 0) is 40.2 Å². The van der Waals surface area contributed by atoms with Crippen LogP contribution in [0.3, 0.4) is 0 Å². The molecule has 0 aliphatic carbocycles. The van der Waals surface area contributed by atoms with Gasteiger partial charge in [-0.2, -0.15) is 0 Å². The average molecular weight is 476 g/mol. The zero-order valence-corrected chi connectivity index (χ0v) is 15.5. The summed E-state index contributed by atoms with van der Waals surface area (Å²) in [4.78, 5) is 10.7.